The molecule has 0 saturated heterocycles. The molecule has 0 aliphatic carbocycles. The van der Waals surface area contributed by atoms with Gasteiger partial charge in [0, 0.05) is 31.4 Å². The Kier molecular flexibility index (Phi) is 4.65. The van der Waals surface area contributed by atoms with Crippen LogP contribution in [0.2, 0.25) is 0 Å². The van der Waals surface area contributed by atoms with E-state index in [1.54, 1.807) is 20.0 Å². The molecule has 0 unspecified atom stereocenters. The van der Waals surface area contributed by atoms with Crippen molar-refractivity contribution in [2.24, 2.45) is 7.05 Å². The number of aryl methyl sites for hydroxylation is 1. The van der Waals surface area contributed by atoms with Gasteiger partial charge in [0.25, 0.3) is 11.5 Å². The van der Waals surface area contributed by atoms with Gasteiger partial charge in [-0.25, -0.2) is 0 Å². The lowest BCUT2D eigenvalue weighted by atomic mass is 10.2. The maximum atomic E-state index is 12.1. The van der Waals surface area contributed by atoms with E-state index < -0.39 is 5.97 Å². The molecule has 0 bridgehead atoms. The number of hydrogen-bond acceptors (Lipinski definition) is 4. The predicted molar refractivity (Wildman–Crippen MR) is 65.3 cm³/mol. The molecule has 6 heteroatoms. The fraction of sp³-hybridized carbons (Fsp3) is 0.417. The van der Waals surface area contributed by atoms with Crippen LogP contribution in [0.1, 0.15) is 17.3 Å². The maximum Gasteiger partial charge on any atom is 0.325 e. The number of likely N-dealkylation sites (N-methyl/N-ethyl adjacent to an activating group) is 1. The number of esters is 1. The van der Waals surface area contributed by atoms with Crippen molar-refractivity contribution in [3.05, 3.63) is 34.2 Å². The number of methoxy groups -OCH3 is 1. The Labute approximate surface area is 105 Å². The van der Waals surface area contributed by atoms with Crippen LogP contribution in [0.15, 0.2) is 23.1 Å². The van der Waals surface area contributed by atoms with Crippen LogP contribution in [-0.2, 0) is 16.6 Å². The monoisotopic (exact) mass is 252 g/mol. The van der Waals surface area contributed by atoms with E-state index in [-0.39, 0.29) is 23.6 Å². The molecule has 0 spiro atoms. The first-order chi connectivity index (χ1) is 8.49. The number of carbonyl (C=O) groups is 2. The van der Waals surface area contributed by atoms with Gasteiger partial charge >= 0.3 is 5.97 Å². The predicted octanol–water partition coefficient (Wildman–Crippen LogP) is 0.0204. The van der Waals surface area contributed by atoms with Crippen molar-refractivity contribution in [3.8, 4) is 0 Å². The first-order valence-electron chi connectivity index (χ1n) is 5.52. The quantitative estimate of drug-likeness (QED) is 0.708. The van der Waals surface area contributed by atoms with Crippen molar-refractivity contribution < 1.29 is 14.3 Å². The van der Waals surface area contributed by atoms with E-state index in [1.807, 2.05) is 0 Å². The molecule has 1 aromatic rings. The van der Waals surface area contributed by atoms with Gasteiger partial charge in [0.05, 0.1) is 7.11 Å². The number of rotatable bonds is 4. The van der Waals surface area contributed by atoms with Crippen LogP contribution in [0.25, 0.3) is 0 Å². The van der Waals surface area contributed by atoms with Gasteiger partial charge in [-0.3, -0.25) is 14.4 Å². The number of hydrogen-bond donors (Lipinski definition) is 0. The smallest absolute Gasteiger partial charge is 0.325 e. The molecule has 0 aromatic carbocycles. The molecule has 1 amide bonds. The minimum atomic E-state index is -0.492. The van der Waals surface area contributed by atoms with Crippen LogP contribution in [0.5, 0.6) is 0 Å². The van der Waals surface area contributed by atoms with Crippen molar-refractivity contribution in [1.29, 1.82) is 0 Å². The van der Waals surface area contributed by atoms with Crippen LogP contribution in [0, 0.1) is 0 Å². The Hall–Kier alpha value is -2.11. The van der Waals surface area contributed by atoms with Crippen molar-refractivity contribution >= 4 is 11.9 Å². The summed E-state index contributed by atoms with van der Waals surface area (Å²) in [5.74, 6) is -0.852. The molecule has 0 fully saturated rings. The molecule has 1 rings (SSSR count). The highest BCUT2D eigenvalue weighted by molar-refractivity contribution is 5.95. The molecule has 1 heterocycles. The molecule has 18 heavy (non-hydrogen) atoms. The van der Waals surface area contributed by atoms with Gasteiger partial charge in [0.1, 0.15) is 6.54 Å². The maximum absolute atomic E-state index is 12.1. The second-order valence-electron chi connectivity index (χ2n) is 3.76. The number of pyridine rings is 1. The largest absolute Gasteiger partial charge is 0.468 e. The lowest BCUT2D eigenvalue weighted by molar-refractivity contribution is -0.141. The van der Waals surface area contributed by atoms with Gasteiger partial charge in [-0.2, -0.15) is 0 Å². The highest BCUT2D eigenvalue weighted by Gasteiger charge is 2.17. The third-order valence-electron chi connectivity index (χ3n) is 2.57. The van der Waals surface area contributed by atoms with E-state index in [0.717, 1.165) is 0 Å². The summed E-state index contributed by atoms with van der Waals surface area (Å²) in [6.07, 6.45) is 1.52. The van der Waals surface area contributed by atoms with E-state index in [1.165, 1.54) is 28.8 Å². The summed E-state index contributed by atoms with van der Waals surface area (Å²) in [4.78, 5) is 36.0. The minimum absolute atomic E-state index is 0.124. The average molecular weight is 252 g/mol. The number of amides is 1. The molecule has 1 aromatic heterocycles. The number of nitrogens with zero attached hydrogens (tertiary/aromatic N) is 2. The molecule has 0 N–H and O–H groups in total. The van der Waals surface area contributed by atoms with Gasteiger partial charge in [-0.1, -0.05) is 0 Å². The molecular weight excluding hydrogens is 236 g/mol. The Morgan fingerprint density at radius 1 is 1.44 bits per heavy atom. The third kappa shape index (κ3) is 3.19. The molecular formula is C12H16N2O4. The Morgan fingerprint density at radius 2 is 2.11 bits per heavy atom. The topological polar surface area (TPSA) is 68.6 Å². The lowest BCUT2D eigenvalue weighted by Gasteiger charge is -2.19. The summed E-state index contributed by atoms with van der Waals surface area (Å²) >= 11 is 0. The summed E-state index contributed by atoms with van der Waals surface area (Å²) in [5.41, 5.74) is -0.00109. The summed E-state index contributed by atoms with van der Waals surface area (Å²) in [7, 11) is 2.86. The van der Waals surface area contributed by atoms with E-state index >= 15 is 0 Å². The summed E-state index contributed by atoms with van der Waals surface area (Å²) < 4.78 is 5.88. The minimum Gasteiger partial charge on any atom is -0.468 e. The van der Waals surface area contributed by atoms with Gasteiger partial charge in [-0.15, -0.1) is 0 Å². The van der Waals surface area contributed by atoms with Crippen molar-refractivity contribution in [2.75, 3.05) is 20.2 Å². The zero-order valence-corrected chi connectivity index (χ0v) is 10.7. The summed E-state index contributed by atoms with van der Waals surface area (Å²) in [5, 5.41) is 0. The molecule has 0 aliphatic rings. The highest BCUT2D eigenvalue weighted by Crippen LogP contribution is 2.02. The van der Waals surface area contributed by atoms with Crippen molar-refractivity contribution in [2.45, 2.75) is 6.92 Å². The lowest BCUT2D eigenvalue weighted by Crippen LogP contribution is -2.36. The van der Waals surface area contributed by atoms with Crippen LogP contribution >= 0.6 is 0 Å². The fourth-order valence-electron chi connectivity index (χ4n) is 1.41. The van der Waals surface area contributed by atoms with E-state index in [9.17, 15) is 14.4 Å². The van der Waals surface area contributed by atoms with E-state index in [2.05, 4.69) is 4.74 Å². The molecule has 0 aliphatic heterocycles. The van der Waals surface area contributed by atoms with Gasteiger partial charge in [-0.05, 0) is 13.0 Å². The van der Waals surface area contributed by atoms with Gasteiger partial charge < -0.3 is 14.2 Å². The standard InChI is InChI=1S/C12H16N2O4/c1-4-14(8-11(16)18-3)12(17)9-5-6-13(2)10(15)7-9/h5-7H,4,8H2,1-3H3. The van der Waals surface area contributed by atoms with Crippen LogP contribution < -0.4 is 5.56 Å². The average Bonchev–Trinajstić information content (AvgIpc) is 2.38. The zero-order chi connectivity index (χ0) is 13.7. The van der Waals surface area contributed by atoms with Crippen LogP contribution in [-0.4, -0.2) is 41.5 Å². The molecule has 0 radical (unpaired) electrons. The van der Waals surface area contributed by atoms with Crippen molar-refractivity contribution in [1.82, 2.24) is 9.47 Å². The second-order valence-corrected chi connectivity index (χ2v) is 3.76. The zero-order valence-electron chi connectivity index (χ0n) is 10.7. The summed E-state index contributed by atoms with van der Waals surface area (Å²) in [6.45, 7) is 1.99. The second kappa shape index (κ2) is 6.00. The molecule has 98 valence electrons. The van der Waals surface area contributed by atoms with Gasteiger partial charge in [0.15, 0.2) is 0 Å². The molecule has 0 atom stereocenters. The first-order valence-corrected chi connectivity index (χ1v) is 5.52. The number of ether oxygens (including phenoxy) is 1. The van der Waals surface area contributed by atoms with E-state index in [4.69, 9.17) is 0 Å². The van der Waals surface area contributed by atoms with Crippen molar-refractivity contribution in [3.63, 3.8) is 0 Å². The third-order valence-corrected chi connectivity index (χ3v) is 2.57. The number of carbonyl (C=O) groups excluding carboxylic acids is 2. The Bertz CT molecular complexity index is 507. The first kappa shape index (κ1) is 14.0. The molecule has 0 saturated carbocycles. The molecule has 6 nitrogen and oxygen atoms in total. The fourth-order valence-corrected chi connectivity index (χ4v) is 1.41. The van der Waals surface area contributed by atoms with Crippen LogP contribution in [0.3, 0.4) is 0 Å². The van der Waals surface area contributed by atoms with E-state index in [0.29, 0.717) is 6.54 Å². The normalized spacial score (nSPS) is 9.94. The Morgan fingerprint density at radius 3 is 2.61 bits per heavy atom. The Balaban J connectivity index is 2.93. The highest BCUT2D eigenvalue weighted by atomic mass is 16.5. The van der Waals surface area contributed by atoms with Crippen LogP contribution in [0.4, 0.5) is 0 Å². The summed E-state index contributed by atoms with van der Waals surface area (Å²) in [6, 6.07) is 2.80. The SMILES string of the molecule is CCN(CC(=O)OC)C(=O)c1ccn(C)c(=O)c1. The number of aromatic nitrogens is 1. The van der Waals surface area contributed by atoms with Gasteiger partial charge in [0.2, 0.25) is 0 Å².